The van der Waals surface area contributed by atoms with Crippen LogP contribution >= 0.6 is 27.3 Å². The Morgan fingerprint density at radius 1 is 1.22 bits per heavy atom. The van der Waals surface area contributed by atoms with Crippen LogP contribution in [0.25, 0.3) is 0 Å². The van der Waals surface area contributed by atoms with Crippen molar-refractivity contribution in [1.82, 2.24) is 9.80 Å². The minimum absolute atomic E-state index is 0.0730. The second kappa shape index (κ2) is 6.33. The van der Waals surface area contributed by atoms with Crippen LogP contribution in [0.2, 0.25) is 0 Å². The van der Waals surface area contributed by atoms with E-state index in [-0.39, 0.29) is 11.8 Å². The van der Waals surface area contributed by atoms with Crippen LogP contribution in [0.5, 0.6) is 0 Å². The van der Waals surface area contributed by atoms with Gasteiger partial charge < -0.3 is 9.80 Å². The van der Waals surface area contributed by atoms with Gasteiger partial charge in [0.05, 0.1) is 5.56 Å². The fourth-order valence-electron chi connectivity index (χ4n) is 1.97. The standard InChI is InChI=1S/C12H15BrN2O2S/c13-3-1-11(16)14-4-6-15(7-5-14)12(17)10-2-8-18-9-10/h2,8-9H,1,3-7H2. The van der Waals surface area contributed by atoms with Gasteiger partial charge >= 0.3 is 0 Å². The topological polar surface area (TPSA) is 40.6 Å². The second-order valence-corrected chi connectivity index (χ2v) is 5.70. The largest absolute Gasteiger partial charge is 0.339 e. The fraction of sp³-hybridized carbons (Fsp3) is 0.500. The van der Waals surface area contributed by atoms with E-state index < -0.39 is 0 Å². The molecule has 1 aliphatic heterocycles. The molecule has 98 valence electrons. The number of thiophene rings is 1. The van der Waals surface area contributed by atoms with Crippen LogP contribution < -0.4 is 0 Å². The van der Waals surface area contributed by atoms with E-state index in [1.807, 2.05) is 26.6 Å². The summed E-state index contributed by atoms with van der Waals surface area (Å²) in [6, 6.07) is 1.84. The van der Waals surface area contributed by atoms with E-state index >= 15 is 0 Å². The molecule has 6 heteroatoms. The molecule has 2 amide bonds. The van der Waals surface area contributed by atoms with Crippen LogP contribution in [0.3, 0.4) is 0 Å². The Morgan fingerprint density at radius 2 is 1.89 bits per heavy atom. The number of halogens is 1. The summed E-state index contributed by atoms with van der Waals surface area (Å²) < 4.78 is 0. The van der Waals surface area contributed by atoms with Crippen LogP contribution in [0, 0.1) is 0 Å². The minimum Gasteiger partial charge on any atom is -0.339 e. The third-order valence-electron chi connectivity index (χ3n) is 3.00. The molecule has 1 fully saturated rings. The van der Waals surface area contributed by atoms with Crippen molar-refractivity contribution in [2.24, 2.45) is 0 Å². The number of hydrogen-bond acceptors (Lipinski definition) is 3. The Labute approximate surface area is 119 Å². The number of alkyl halides is 1. The Balaban J connectivity index is 1.87. The average molecular weight is 331 g/mol. The van der Waals surface area contributed by atoms with E-state index in [9.17, 15) is 9.59 Å². The predicted molar refractivity (Wildman–Crippen MR) is 75.2 cm³/mol. The van der Waals surface area contributed by atoms with Crippen LogP contribution in [-0.4, -0.2) is 53.1 Å². The molecular weight excluding hydrogens is 316 g/mol. The van der Waals surface area contributed by atoms with Crippen molar-refractivity contribution in [3.63, 3.8) is 0 Å². The first-order valence-corrected chi connectivity index (χ1v) is 7.94. The van der Waals surface area contributed by atoms with Gasteiger partial charge in [0.15, 0.2) is 0 Å². The van der Waals surface area contributed by atoms with E-state index in [1.54, 1.807) is 0 Å². The van der Waals surface area contributed by atoms with Crippen molar-refractivity contribution in [3.05, 3.63) is 22.4 Å². The van der Waals surface area contributed by atoms with Gasteiger partial charge in [0.1, 0.15) is 0 Å². The van der Waals surface area contributed by atoms with Crippen molar-refractivity contribution in [2.45, 2.75) is 6.42 Å². The van der Waals surface area contributed by atoms with Gasteiger partial charge in [0.25, 0.3) is 5.91 Å². The zero-order valence-corrected chi connectivity index (χ0v) is 12.4. The first kappa shape index (κ1) is 13.5. The summed E-state index contributed by atoms with van der Waals surface area (Å²) >= 11 is 4.79. The average Bonchev–Trinajstić information content (AvgIpc) is 2.92. The summed E-state index contributed by atoms with van der Waals surface area (Å²) in [6.07, 6.45) is 0.526. The van der Waals surface area contributed by atoms with Gasteiger partial charge in [-0.3, -0.25) is 9.59 Å². The molecule has 0 aromatic carbocycles. The Hall–Kier alpha value is -0.880. The molecule has 2 rings (SSSR count). The van der Waals surface area contributed by atoms with Crippen molar-refractivity contribution in [2.75, 3.05) is 31.5 Å². The van der Waals surface area contributed by atoms with Crippen molar-refractivity contribution >= 4 is 39.1 Å². The quantitative estimate of drug-likeness (QED) is 0.793. The summed E-state index contributed by atoms with van der Waals surface area (Å²) in [7, 11) is 0. The highest BCUT2D eigenvalue weighted by molar-refractivity contribution is 9.09. The summed E-state index contributed by atoms with van der Waals surface area (Å²) in [4.78, 5) is 27.4. The highest BCUT2D eigenvalue weighted by Crippen LogP contribution is 2.12. The highest BCUT2D eigenvalue weighted by Gasteiger charge is 2.24. The maximum absolute atomic E-state index is 12.1. The summed E-state index contributed by atoms with van der Waals surface area (Å²) in [5, 5.41) is 4.47. The molecule has 1 aromatic rings. The molecule has 0 atom stereocenters. The van der Waals surface area contributed by atoms with E-state index in [1.165, 1.54) is 11.3 Å². The normalized spacial score (nSPS) is 15.8. The molecule has 2 heterocycles. The Morgan fingerprint density at radius 3 is 2.44 bits per heavy atom. The van der Waals surface area contributed by atoms with E-state index in [2.05, 4.69) is 15.9 Å². The molecule has 1 aromatic heterocycles. The van der Waals surface area contributed by atoms with Gasteiger partial charge in [-0.1, -0.05) is 15.9 Å². The zero-order valence-electron chi connectivity index (χ0n) is 9.97. The molecule has 0 unspecified atom stereocenters. The van der Waals surface area contributed by atoms with E-state index in [0.717, 1.165) is 5.56 Å². The first-order chi connectivity index (χ1) is 8.72. The fourth-order valence-corrected chi connectivity index (χ4v) is 2.94. The summed E-state index contributed by atoms with van der Waals surface area (Å²) in [5.74, 6) is 0.235. The van der Waals surface area contributed by atoms with Gasteiger partial charge in [-0.25, -0.2) is 0 Å². The molecule has 0 radical (unpaired) electrons. The summed E-state index contributed by atoms with van der Waals surface area (Å²) in [6.45, 7) is 2.54. The lowest BCUT2D eigenvalue weighted by atomic mass is 10.2. The maximum atomic E-state index is 12.1. The van der Waals surface area contributed by atoms with Crippen LogP contribution in [-0.2, 0) is 4.79 Å². The molecule has 0 saturated carbocycles. The number of hydrogen-bond donors (Lipinski definition) is 0. The zero-order chi connectivity index (χ0) is 13.0. The minimum atomic E-state index is 0.0730. The smallest absolute Gasteiger partial charge is 0.254 e. The summed E-state index contributed by atoms with van der Waals surface area (Å²) in [5.41, 5.74) is 0.750. The molecule has 0 N–H and O–H groups in total. The lowest BCUT2D eigenvalue weighted by molar-refractivity contribution is -0.132. The van der Waals surface area contributed by atoms with Crippen LogP contribution in [0.4, 0.5) is 0 Å². The Kier molecular flexibility index (Phi) is 4.77. The SMILES string of the molecule is O=C(CCBr)N1CCN(C(=O)c2ccsc2)CC1. The number of nitrogens with zero attached hydrogens (tertiary/aromatic N) is 2. The molecule has 0 bridgehead atoms. The second-order valence-electron chi connectivity index (χ2n) is 4.12. The number of carbonyl (C=O) groups excluding carboxylic acids is 2. The third-order valence-corrected chi connectivity index (χ3v) is 4.08. The molecule has 1 aliphatic rings. The molecule has 4 nitrogen and oxygen atoms in total. The number of rotatable bonds is 3. The number of carbonyl (C=O) groups is 2. The third kappa shape index (κ3) is 3.11. The van der Waals surface area contributed by atoms with E-state index in [4.69, 9.17) is 0 Å². The molecule has 18 heavy (non-hydrogen) atoms. The van der Waals surface area contributed by atoms with Gasteiger partial charge in [-0.2, -0.15) is 11.3 Å². The number of piperazine rings is 1. The molecular formula is C12H15BrN2O2S. The van der Waals surface area contributed by atoms with Gasteiger partial charge in [0.2, 0.25) is 5.91 Å². The van der Waals surface area contributed by atoms with Crippen molar-refractivity contribution in [1.29, 1.82) is 0 Å². The van der Waals surface area contributed by atoms with Crippen molar-refractivity contribution < 1.29 is 9.59 Å². The Bertz CT molecular complexity index is 414. The maximum Gasteiger partial charge on any atom is 0.254 e. The highest BCUT2D eigenvalue weighted by atomic mass is 79.9. The predicted octanol–water partition coefficient (Wildman–Crippen LogP) is 1.82. The van der Waals surface area contributed by atoms with Crippen LogP contribution in [0.15, 0.2) is 16.8 Å². The van der Waals surface area contributed by atoms with Gasteiger partial charge in [-0.05, 0) is 11.4 Å². The molecule has 0 spiro atoms. The lowest BCUT2D eigenvalue weighted by Crippen LogP contribution is -2.50. The van der Waals surface area contributed by atoms with Gasteiger partial charge in [0, 0.05) is 43.3 Å². The number of amides is 2. The monoisotopic (exact) mass is 330 g/mol. The lowest BCUT2D eigenvalue weighted by Gasteiger charge is -2.34. The van der Waals surface area contributed by atoms with Crippen LogP contribution in [0.1, 0.15) is 16.8 Å². The first-order valence-electron chi connectivity index (χ1n) is 5.87. The van der Waals surface area contributed by atoms with Gasteiger partial charge in [-0.15, -0.1) is 0 Å². The van der Waals surface area contributed by atoms with Crippen molar-refractivity contribution in [3.8, 4) is 0 Å². The van der Waals surface area contributed by atoms with E-state index in [0.29, 0.717) is 37.9 Å². The molecule has 1 saturated heterocycles. The molecule has 0 aliphatic carbocycles.